The van der Waals surface area contributed by atoms with Crippen LogP contribution in [0.5, 0.6) is 0 Å². The minimum absolute atomic E-state index is 0.316. The fraction of sp³-hybridized carbons (Fsp3) is 0.875. The molecule has 244 valence electrons. The fourth-order valence-electron chi connectivity index (χ4n) is 5.20. The maximum Gasteiger partial charge on any atom is 0.221 e. The van der Waals surface area contributed by atoms with Crippen LogP contribution in [-0.2, 0) is 0 Å². The molecule has 10 heteroatoms. The van der Waals surface area contributed by atoms with Gasteiger partial charge < -0.3 is 29.4 Å². The van der Waals surface area contributed by atoms with Crippen LogP contribution in [0.4, 0.5) is 0 Å². The van der Waals surface area contributed by atoms with Crippen LogP contribution in [0.2, 0.25) is 0 Å². The number of unbranched alkanes of at least 4 members (excludes halogenated alkanes) is 8. The zero-order valence-electron chi connectivity index (χ0n) is 28.7. The normalized spacial score (nSPS) is 14.3. The van der Waals surface area contributed by atoms with Crippen molar-refractivity contribution in [2.24, 2.45) is 9.98 Å². The molecule has 1 aliphatic rings. The molecule has 0 aromatic carbocycles. The molecule has 0 unspecified atom stereocenters. The van der Waals surface area contributed by atoms with Gasteiger partial charge in [0.05, 0.1) is 0 Å². The van der Waals surface area contributed by atoms with E-state index in [0.29, 0.717) is 38.1 Å². The van der Waals surface area contributed by atoms with Crippen LogP contribution in [0.15, 0.2) is 9.98 Å². The summed E-state index contributed by atoms with van der Waals surface area (Å²) in [7, 11) is 8.14. The molecule has 42 heavy (non-hydrogen) atoms. The molecule has 1 aliphatic heterocycles. The first-order valence-electron chi connectivity index (χ1n) is 16.9. The van der Waals surface area contributed by atoms with Crippen molar-refractivity contribution in [2.75, 3.05) is 80.5 Å². The smallest absolute Gasteiger partial charge is 0.221 e. The van der Waals surface area contributed by atoms with Crippen molar-refractivity contribution in [3.63, 3.8) is 0 Å². The van der Waals surface area contributed by atoms with E-state index in [1.165, 1.54) is 51.4 Å². The Balaban J connectivity index is 2.94. The van der Waals surface area contributed by atoms with Crippen molar-refractivity contribution in [1.82, 2.24) is 29.4 Å². The third kappa shape index (κ3) is 14.1. The zero-order chi connectivity index (χ0) is 31.3. The number of nitrogens with zero attached hydrogens (tertiary/aromatic N) is 8. The molecule has 0 radical (unpaired) electrons. The Kier molecular flexibility index (Phi) is 19.7. The number of hydrogen-bond donors (Lipinski definition) is 2. The number of guanidine groups is 4. The summed E-state index contributed by atoms with van der Waals surface area (Å²) in [5, 5.41) is 17.7. The molecular formula is C32H66N10. The fourth-order valence-corrected chi connectivity index (χ4v) is 5.20. The Morgan fingerprint density at radius 3 is 0.976 bits per heavy atom. The molecule has 0 aliphatic carbocycles. The Morgan fingerprint density at radius 1 is 0.500 bits per heavy atom. The predicted molar refractivity (Wildman–Crippen MR) is 182 cm³/mol. The van der Waals surface area contributed by atoms with Gasteiger partial charge in [0.1, 0.15) is 0 Å². The van der Waals surface area contributed by atoms with Gasteiger partial charge >= 0.3 is 0 Å². The van der Waals surface area contributed by atoms with Crippen molar-refractivity contribution in [3.8, 4) is 0 Å². The van der Waals surface area contributed by atoms with Crippen molar-refractivity contribution >= 4 is 23.8 Å². The van der Waals surface area contributed by atoms with Crippen molar-refractivity contribution in [3.05, 3.63) is 0 Å². The van der Waals surface area contributed by atoms with Crippen LogP contribution in [-0.4, -0.2) is 134 Å². The van der Waals surface area contributed by atoms with Crippen molar-refractivity contribution in [1.29, 1.82) is 10.8 Å². The quantitative estimate of drug-likeness (QED) is 0.137. The lowest BCUT2D eigenvalue weighted by atomic mass is 10.2. The van der Waals surface area contributed by atoms with Crippen LogP contribution in [0.3, 0.4) is 0 Å². The van der Waals surface area contributed by atoms with Gasteiger partial charge in [0.25, 0.3) is 0 Å². The number of rotatable bonds is 16. The summed E-state index contributed by atoms with van der Waals surface area (Å²) in [6.07, 6.45) is 14.2. The third-order valence-corrected chi connectivity index (χ3v) is 7.78. The van der Waals surface area contributed by atoms with E-state index in [-0.39, 0.29) is 0 Å². The van der Waals surface area contributed by atoms with Gasteiger partial charge in [-0.05, 0) is 25.7 Å². The van der Waals surface area contributed by atoms with E-state index in [4.69, 9.17) is 20.8 Å². The molecule has 0 aromatic rings. The van der Waals surface area contributed by atoms with E-state index in [9.17, 15) is 0 Å². The van der Waals surface area contributed by atoms with Crippen LogP contribution < -0.4 is 0 Å². The van der Waals surface area contributed by atoms with Gasteiger partial charge in [-0.3, -0.25) is 10.8 Å². The highest BCUT2D eigenvalue weighted by molar-refractivity contribution is 5.94. The highest BCUT2D eigenvalue weighted by Crippen LogP contribution is 2.11. The summed E-state index contributed by atoms with van der Waals surface area (Å²) < 4.78 is 0. The largest absolute Gasteiger partial charge is 0.349 e. The molecule has 0 spiro atoms. The van der Waals surface area contributed by atoms with E-state index in [1.54, 1.807) is 0 Å². The minimum Gasteiger partial charge on any atom is -0.349 e. The topological polar surface area (TPSA) is 91.9 Å². The Morgan fingerprint density at radius 2 is 0.762 bits per heavy atom. The molecule has 2 N–H and O–H groups in total. The number of nitrogens with one attached hydrogen (secondary N) is 2. The lowest BCUT2D eigenvalue weighted by Crippen LogP contribution is -2.51. The number of aliphatic imine (C=N–C) groups is 2. The third-order valence-electron chi connectivity index (χ3n) is 7.78. The molecule has 0 amide bonds. The Bertz CT molecular complexity index is 713. The summed E-state index contributed by atoms with van der Waals surface area (Å²) in [4.78, 5) is 22.7. The summed E-state index contributed by atoms with van der Waals surface area (Å²) >= 11 is 0. The molecule has 0 saturated carbocycles. The second-order valence-corrected chi connectivity index (χ2v) is 12.0. The van der Waals surface area contributed by atoms with Crippen molar-refractivity contribution < 1.29 is 0 Å². The van der Waals surface area contributed by atoms with Gasteiger partial charge in [0, 0.05) is 80.5 Å². The van der Waals surface area contributed by atoms with E-state index in [1.807, 2.05) is 38.0 Å². The average molecular weight is 591 g/mol. The van der Waals surface area contributed by atoms with E-state index in [2.05, 4.69) is 47.3 Å². The van der Waals surface area contributed by atoms with Gasteiger partial charge in [-0.2, -0.15) is 9.98 Å². The van der Waals surface area contributed by atoms with Crippen LogP contribution in [0.1, 0.15) is 105 Å². The highest BCUT2D eigenvalue weighted by Gasteiger charge is 2.24. The summed E-state index contributed by atoms with van der Waals surface area (Å²) in [5.41, 5.74) is 0. The maximum atomic E-state index is 8.86. The predicted octanol–water partition coefficient (Wildman–Crippen LogP) is 5.67. The van der Waals surface area contributed by atoms with E-state index in [0.717, 1.165) is 63.8 Å². The average Bonchev–Trinajstić information content (AvgIpc) is 2.97. The molecule has 1 fully saturated rings. The maximum absolute atomic E-state index is 8.86. The Hall–Kier alpha value is -2.52. The molecular weight excluding hydrogens is 524 g/mol. The number of piperazine rings is 1. The highest BCUT2D eigenvalue weighted by atomic mass is 15.4. The van der Waals surface area contributed by atoms with Crippen LogP contribution in [0.25, 0.3) is 0 Å². The second-order valence-electron chi connectivity index (χ2n) is 12.0. The van der Waals surface area contributed by atoms with E-state index >= 15 is 0 Å². The molecule has 0 aromatic heterocycles. The van der Waals surface area contributed by atoms with Crippen molar-refractivity contribution in [2.45, 2.75) is 105 Å². The lowest BCUT2D eigenvalue weighted by Gasteiger charge is -2.37. The first-order chi connectivity index (χ1) is 20.2. The molecule has 0 bridgehead atoms. The van der Waals surface area contributed by atoms with Gasteiger partial charge in [-0.1, -0.05) is 79.1 Å². The first-order valence-corrected chi connectivity index (χ1v) is 16.9. The molecule has 1 saturated heterocycles. The summed E-state index contributed by atoms with van der Waals surface area (Å²) in [6, 6.07) is 0. The second kappa shape index (κ2) is 22.1. The Labute approximate surface area is 259 Å². The lowest BCUT2D eigenvalue weighted by molar-refractivity contribution is 0.252. The van der Waals surface area contributed by atoms with E-state index < -0.39 is 0 Å². The SMILES string of the molecule is CCCCCN(CCCCC)C(=NC(=N)N1CCN(C(=N)N=C(N(C)C)N(CCCCC)CCCCC)CC1)N(C)C. The van der Waals surface area contributed by atoms with Gasteiger partial charge in [0.2, 0.25) is 23.8 Å². The monoisotopic (exact) mass is 591 g/mol. The van der Waals surface area contributed by atoms with Gasteiger partial charge in [0.15, 0.2) is 0 Å². The zero-order valence-corrected chi connectivity index (χ0v) is 28.7. The summed E-state index contributed by atoms with van der Waals surface area (Å²) in [5.74, 6) is 2.40. The molecule has 0 atom stereocenters. The van der Waals surface area contributed by atoms with Gasteiger partial charge in [-0.25, -0.2) is 0 Å². The standard InChI is InChI=1S/C32H66N10/c1-9-13-17-21-41(22-18-14-10-2)31(37(5)6)35-29(33)39-25-27-40(28-26-39)30(34)36-32(38(7)8)42(23-19-15-11-3)24-20-16-12-4/h33-34H,9-28H2,1-8H3. The molecule has 1 rings (SSSR count). The molecule has 10 nitrogen and oxygen atoms in total. The first kappa shape index (κ1) is 37.5. The van der Waals surface area contributed by atoms with Crippen LogP contribution >= 0.6 is 0 Å². The van der Waals surface area contributed by atoms with Crippen LogP contribution in [0, 0.1) is 10.8 Å². The number of hydrogen-bond acceptors (Lipinski definition) is 2. The molecule has 1 heterocycles. The summed E-state index contributed by atoms with van der Waals surface area (Å²) in [6.45, 7) is 15.5. The minimum atomic E-state index is 0.316. The van der Waals surface area contributed by atoms with Gasteiger partial charge in [-0.15, -0.1) is 0 Å².